The first-order chi connectivity index (χ1) is 9.46. The Morgan fingerprint density at radius 3 is 2.85 bits per heavy atom. The minimum atomic E-state index is -3.74. The molecule has 20 heavy (non-hydrogen) atoms. The van der Waals surface area contributed by atoms with Crippen molar-refractivity contribution in [2.24, 2.45) is 5.73 Å². The number of carbonyl (C=O) groups is 1. The van der Waals surface area contributed by atoms with Gasteiger partial charge in [0.1, 0.15) is 4.90 Å². The fourth-order valence-electron chi connectivity index (χ4n) is 2.12. The van der Waals surface area contributed by atoms with Crippen molar-refractivity contribution in [2.45, 2.75) is 17.9 Å². The van der Waals surface area contributed by atoms with Crippen LogP contribution in [0, 0.1) is 0 Å². The summed E-state index contributed by atoms with van der Waals surface area (Å²) in [5.41, 5.74) is 5.85. The molecule has 0 aliphatic carbocycles. The highest BCUT2D eigenvalue weighted by molar-refractivity contribution is 7.89. The molecule has 1 saturated heterocycles. The zero-order chi connectivity index (χ0) is 14.8. The Hall–Kier alpha value is -1.51. The van der Waals surface area contributed by atoms with Crippen LogP contribution in [0.5, 0.6) is 0 Å². The van der Waals surface area contributed by atoms with E-state index in [1.807, 2.05) is 0 Å². The molecule has 0 atom stereocenters. The summed E-state index contributed by atoms with van der Waals surface area (Å²) in [6.45, 7) is 0.772. The lowest BCUT2D eigenvalue weighted by molar-refractivity contribution is -0.129. The highest BCUT2D eigenvalue weighted by atomic mass is 32.2. The average molecular weight is 298 g/mol. The van der Waals surface area contributed by atoms with E-state index in [2.05, 4.69) is 4.98 Å². The summed E-state index contributed by atoms with van der Waals surface area (Å²) >= 11 is 0. The molecule has 2 rings (SSSR count). The summed E-state index contributed by atoms with van der Waals surface area (Å²) < 4.78 is 26.5. The Morgan fingerprint density at radius 2 is 2.15 bits per heavy atom. The van der Waals surface area contributed by atoms with Crippen LogP contribution in [-0.4, -0.2) is 55.2 Å². The zero-order valence-electron chi connectivity index (χ0n) is 11.3. The lowest BCUT2D eigenvalue weighted by Gasteiger charge is -2.20. The van der Waals surface area contributed by atoms with E-state index in [1.165, 1.54) is 16.6 Å². The number of nitrogens with two attached hydrogens (primary N) is 1. The van der Waals surface area contributed by atoms with E-state index in [-0.39, 0.29) is 23.9 Å². The Labute approximate surface area is 118 Å². The predicted octanol–water partition coefficient (Wildman–Crippen LogP) is -0.607. The molecule has 0 radical (unpaired) electrons. The van der Waals surface area contributed by atoms with Crippen LogP contribution in [0.1, 0.15) is 12.1 Å². The molecule has 0 bridgehead atoms. The molecule has 1 aliphatic rings. The molecule has 8 heteroatoms. The van der Waals surface area contributed by atoms with E-state index in [4.69, 9.17) is 5.73 Å². The van der Waals surface area contributed by atoms with Crippen molar-refractivity contribution in [2.75, 3.05) is 26.7 Å². The van der Waals surface area contributed by atoms with Crippen molar-refractivity contribution in [1.82, 2.24) is 14.2 Å². The van der Waals surface area contributed by atoms with Gasteiger partial charge in [-0.2, -0.15) is 4.31 Å². The molecule has 0 unspecified atom stereocenters. The number of rotatable bonds is 3. The van der Waals surface area contributed by atoms with Gasteiger partial charge in [-0.05, 0) is 18.6 Å². The number of pyridine rings is 1. The number of hydrogen-bond donors (Lipinski definition) is 1. The molecule has 1 fully saturated rings. The summed E-state index contributed by atoms with van der Waals surface area (Å²) in [6, 6.07) is 3.03. The minimum absolute atomic E-state index is 0.0388. The maximum absolute atomic E-state index is 12.6. The van der Waals surface area contributed by atoms with Crippen LogP contribution >= 0.6 is 0 Å². The summed E-state index contributed by atoms with van der Waals surface area (Å²) in [5, 5.41) is 0. The fourth-order valence-corrected chi connectivity index (χ4v) is 3.73. The third kappa shape index (κ3) is 2.82. The number of sulfonamides is 1. The largest absolute Gasteiger partial charge is 0.345 e. The summed E-state index contributed by atoms with van der Waals surface area (Å²) in [7, 11) is -2.07. The SMILES string of the molecule is CN1CCCN(S(=O)(=O)c2cccnc2CN)CC1=O. The Morgan fingerprint density at radius 1 is 1.40 bits per heavy atom. The topological polar surface area (TPSA) is 96.6 Å². The quantitative estimate of drug-likeness (QED) is 0.803. The van der Waals surface area contributed by atoms with E-state index in [9.17, 15) is 13.2 Å². The molecule has 2 N–H and O–H groups in total. The van der Waals surface area contributed by atoms with Gasteiger partial charge in [-0.1, -0.05) is 0 Å². The molecule has 2 heterocycles. The van der Waals surface area contributed by atoms with E-state index in [1.54, 1.807) is 18.0 Å². The summed E-state index contributed by atoms with van der Waals surface area (Å²) in [4.78, 5) is 17.5. The van der Waals surface area contributed by atoms with Gasteiger partial charge < -0.3 is 10.6 Å². The molecular formula is C12H18N4O3S. The van der Waals surface area contributed by atoms with Crippen LogP contribution in [0.3, 0.4) is 0 Å². The van der Waals surface area contributed by atoms with Gasteiger partial charge in [0, 0.05) is 32.9 Å². The maximum Gasteiger partial charge on any atom is 0.245 e. The molecule has 1 aromatic rings. The molecule has 0 spiro atoms. The van der Waals surface area contributed by atoms with Crippen molar-refractivity contribution in [1.29, 1.82) is 0 Å². The van der Waals surface area contributed by atoms with Gasteiger partial charge in [0.2, 0.25) is 15.9 Å². The van der Waals surface area contributed by atoms with E-state index in [0.717, 1.165) is 0 Å². The first kappa shape index (κ1) is 14.9. The van der Waals surface area contributed by atoms with Crippen LogP contribution in [0.15, 0.2) is 23.2 Å². The number of nitrogens with zero attached hydrogens (tertiary/aromatic N) is 3. The van der Waals surface area contributed by atoms with Gasteiger partial charge in [-0.3, -0.25) is 9.78 Å². The number of likely N-dealkylation sites (N-methyl/N-ethyl adjacent to an activating group) is 1. The first-order valence-corrected chi connectivity index (χ1v) is 7.79. The van der Waals surface area contributed by atoms with Crippen LogP contribution in [0.4, 0.5) is 0 Å². The highest BCUT2D eigenvalue weighted by Crippen LogP contribution is 2.20. The molecule has 110 valence electrons. The Kier molecular flexibility index (Phi) is 4.36. The monoisotopic (exact) mass is 298 g/mol. The van der Waals surface area contributed by atoms with E-state index < -0.39 is 10.0 Å². The zero-order valence-corrected chi connectivity index (χ0v) is 12.1. The minimum Gasteiger partial charge on any atom is -0.345 e. The van der Waals surface area contributed by atoms with Gasteiger partial charge in [0.25, 0.3) is 0 Å². The van der Waals surface area contributed by atoms with Gasteiger partial charge in [-0.15, -0.1) is 0 Å². The molecule has 1 amide bonds. The van der Waals surface area contributed by atoms with Crippen LogP contribution in [-0.2, 0) is 21.4 Å². The second-order valence-corrected chi connectivity index (χ2v) is 6.57. The van der Waals surface area contributed by atoms with Gasteiger partial charge in [0.15, 0.2) is 0 Å². The number of aromatic nitrogens is 1. The molecule has 7 nitrogen and oxygen atoms in total. The van der Waals surface area contributed by atoms with Crippen LogP contribution in [0.2, 0.25) is 0 Å². The summed E-state index contributed by atoms with van der Waals surface area (Å²) in [5.74, 6) is -0.204. The lowest BCUT2D eigenvalue weighted by atomic mass is 10.3. The Balaban J connectivity index is 2.37. The third-order valence-electron chi connectivity index (χ3n) is 3.30. The molecule has 0 aromatic carbocycles. The molecule has 1 aromatic heterocycles. The average Bonchev–Trinajstić information content (AvgIpc) is 2.61. The Bertz CT molecular complexity index is 602. The summed E-state index contributed by atoms with van der Waals surface area (Å²) in [6.07, 6.45) is 2.11. The lowest BCUT2D eigenvalue weighted by Crippen LogP contribution is -2.38. The van der Waals surface area contributed by atoms with E-state index in [0.29, 0.717) is 25.2 Å². The predicted molar refractivity (Wildman–Crippen MR) is 73.1 cm³/mol. The van der Waals surface area contributed by atoms with Crippen LogP contribution in [0.25, 0.3) is 0 Å². The smallest absolute Gasteiger partial charge is 0.245 e. The number of amides is 1. The highest BCUT2D eigenvalue weighted by Gasteiger charge is 2.31. The van der Waals surface area contributed by atoms with Crippen molar-refractivity contribution >= 4 is 15.9 Å². The second-order valence-electron chi connectivity index (χ2n) is 4.66. The normalized spacial score (nSPS) is 18.1. The van der Waals surface area contributed by atoms with Gasteiger partial charge >= 0.3 is 0 Å². The fraction of sp³-hybridized carbons (Fsp3) is 0.500. The van der Waals surface area contributed by atoms with Gasteiger partial charge in [-0.25, -0.2) is 8.42 Å². The van der Waals surface area contributed by atoms with Crippen molar-refractivity contribution in [3.63, 3.8) is 0 Å². The first-order valence-electron chi connectivity index (χ1n) is 6.35. The van der Waals surface area contributed by atoms with Crippen molar-refractivity contribution in [3.8, 4) is 0 Å². The van der Waals surface area contributed by atoms with Gasteiger partial charge in [0.05, 0.1) is 12.2 Å². The number of carbonyl (C=O) groups excluding carboxylic acids is 1. The maximum atomic E-state index is 12.6. The van der Waals surface area contributed by atoms with Crippen LogP contribution < -0.4 is 5.73 Å². The van der Waals surface area contributed by atoms with E-state index >= 15 is 0 Å². The van der Waals surface area contributed by atoms with Crippen molar-refractivity contribution in [3.05, 3.63) is 24.0 Å². The number of hydrogen-bond acceptors (Lipinski definition) is 5. The molecular weight excluding hydrogens is 280 g/mol. The molecule has 1 aliphatic heterocycles. The second kappa shape index (κ2) is 5.86. The third-order valence-corrected chi connectivity index (χ3v) is 5.22. The standard InChI is InChI=1S/C12H18N4O3S/c1-15-6-3-7-16(9-12(15)17)20(18,19)11-4-2-5-14-10(11)8-13/h2,4-5H,3,6-9,13H2,1H3. The van der Waals surface area contributed by atoms with Crippen molar-refractivity contribution < 1.29 is 13.2 Å². The molecule has 0 saturated carbocycles.